The van der Waals surface area contributed by atoms with Crippen LogP contribution in [0.25, 0.3) is 0 Å². The minimum atomic E-state index is -0.344. The summed E-state index contributed by atoms with van der Waals surface area (Å²) < 4.78 is 5.23. The number of amides is 1. The summed E-state index contributed by atoms with van der Waals surface area (Å²) in [5.41, 5.74) is 4.99. The molecule has 0 unspecified atom stereocenters. The van der Waals surface area contributed by atoms with E-state index in [1.807, 2.05) is 30.3 Å². The van der Waals surface area contributed by atoms with Crippen LogP contribution < -0.4 is 4.74 Å². The zero-order valence-electron chi connectivity index (χ0n) is 16.4. The maximum atomic E-state index is 11.3. The molecule has 0 fully saturated rings. The average Bonchev–Trinajstić information content (AvgIpc) is 2.81. The van der Waals surface area contributed by atoms with Gasteiger partial charge in [-0.2, -0.15) is 0 Å². The van der Waals surface area contributed by atoms with Crippen molar-refractivity contribution < 1.29 is 19.2 Å². The smallest absolute Gasteiger partial charge is 0.308 e. The molecule has 0 N–H and O–H groups in total. The number of nitrogens with zero attached hydrogens (tertiary/aromatic N) is 2. The number of hydrogen-bond donors (Lipinski definition) is 0. The largest absolute Gasteiger partial charge is 0.427 e. The van der Waals surface area contributed by atoms with Crippen molar-refractivity contribution >= 4 is 17.6 Å². The Morgan fingerprint density at radius 1 is 1.04 bits per heavy atom. The number of oxime groups is 1. The number of carbonyl (C=O) groups excluding carboxylic acids is 2. The van der Waals surface area contributed by atoms with Crippen LogP contribution in [0.1, 0.15) is 36.1 Å². The molecule has 0 spiro atoms. The highest BCUT2D eigenvalue weighted by molar-refractivity contribution is 6.14. The van der Waals surface area contributed by atoms with E-state index < -0.39 is 0 Å². The lowest BCUT2D eigenvalue weighted by molar-refractivity contribution is -0.132. The molecule has 1 aliphatic rings. The number of likely N-dealkylation sites (N-methyl/N-ethyl adjacent to an activating group) is 1. The number of aryl methyl sites for hydroxylation is 2. The average molecular weight is 380 g/mol. The van der Waals surface area contributed by atoms with Gasteiger partial charge in [0.2, 0.25) is 5.91 Å². The van der Waals surface area contributed by atoms with E-state index in [-0.39, 0.29) is 11.9 Å². The van der Waals surface area contributed by atoms with Crippen LogP contribution in [0.3, 0.4) is 0 Å². The van der Waals surface area contributed by atoms with Crippen LogP contribution in [-0.4, -0.2) is 42.7 Å². The highest BCUT2D eigenvalue weighted by Gasteiger charge is 2.21. The number of ether oxygens (including phenoxy) is 1. The van der Waals surface area contributed by atoms with Gasteiger partial charge in [-0.05, 0) is 42.2 Å². The fraction of sp³-hybridized carbons (Fsp3) is 0.318. The molecule has 2 aromatic carbocycles. The van der Waals surface area contributed by atoms with Gasteiger partial charge in [-0.1, -0.05) is 29.4 Å². The molecule has 2 aromatic rings. The van der Waals surface area contributed by atoms with Gasteiger partial charge in [-0.25, -0.2) is 0 Å². The molecular weight excluding hydrogens is 356 g/mol. The SMILES string of the molecule is CC(=O)Oc1ccc2c(c1)CCc1ccccc1C2=NOCCN(C)C(C)=O. The molecule has 0 radical (unpaired) electrons. The Hall–Kier alpha value is -3.15. The van der Waals surface area contributed by atoms with E-state index in [1.165, 1.54) is 19.4 Å². The summed E-state index contributed by atoms with van der Waals surface area (Å²) in [4.78, 5) is 29.7. The molecule has 6 heteroatoms. The van der Waals surface area contributed by atoms with Crippen LogP contribution >= 0.6 is 0 Å². The van der Waals surface area contributed by atoms with E-state index in [2.05, 4.69) is 11.2 Å². The fourth-order valence-corrected chi connectivity index (χ4v) is 3.16. The van der Waals surface area contributed by atoms with Crippen molar-refractivity contribution in [3.8, 4) is 5.75 Å². The van der Waals surface area contributed by atoms with Crippen LogP contribution in [0.4, 0.5) is 0 Å². The van der Waals surface area contributed by atoms with Crippen molar-refractivity contribution in [2.75, 3.05) is 20.2 Å². The number of hydrogen-bond acceptors (Lipinski definition) is 5. The zero-order valence-corrected chi connectivity index (χ0v) is 16.4. The first-order chi connectivity index (χ1) is 13.5. The van der Waals surface area contributed by atoms with Crippen molar-refractivity contribution in [2.45, 2.75) is 26.7 Å². The lowest BCUT2D eigenvalue weighted by atomic mass is 9.98. The Bertz CT molecular complexity index is 921. The molecule has 28 heavy (non-hydrogen) atoms. The first kappa shape index (κ1) is 19.6. The maximum Gasteiger partial charge on any atom is 0.308 e. The first-order valence-corrected chi connectivity index (χ1v) is 9.27. The van der Waals surface area contributed by atoms with E-state index in [9.17, 15) is 9.59 Å². The minimum absolute atomic E-state index is 0.0144. The molecule has 0 aliphatic heterocycles. The summed E-state index contributed by atoms with van der Waals surface area (Å²) in [6, 6.07) is 13.7. The van der Waals surface area contributed by atoms with E-state index in [4.69, 9.17) is 9.57 Å². The highest BCUT2D eigenvalue weighted by atomic mass is 16.6. The monoisotopic (exact) mass is 380 g/mol. The number of carbonyl (C=O) groups is 2. The molecule has 0 aromatic heterocycles. The Kier molecular flexibility index (Phi) is 6.09. The van der Waals surface area contributed by atoms with Gasteiger partial charge in [0.05, 0.1) is 6.54 Å². The second-order valence-corrected chi connectivity index (χ2v) is 6.78. The lowest BCUT2D eigenvalue weighted by Crippen LogP contribution is -2.27. The van der Waals surface area contributed by atoms with E-state index in [0.29, 0.717) is 18.9 Å². The predicted octanol–water partition coefficient (Wildman–Crippen LogP) is 2.96. The summed E-state index contributed by atoms with van der Waals surface area (Å²) in [5, 5.41) is 4.42. The number of rotatable bonds is 5. The predicted molar refractivity (Wildman–Crippen MR) is 107 cm³/mol. The lowest BCUT2D eigenvalue weighted by Gasteiger charge is -2.14. The zero-order chi connectivity index (χ0) is 20.1. The Balaban J connectivity index is 1.92. The van der Waals surface area contributed by atoms with Crippen LogP contribution in [0.5, 0.6) is 5.75 Å². The third kappa shape index (κ3) is 4.57. The van der Waals surface area contributed by atoms with Gasteiger partial charge >= 0.3 is 5.97 Å². The molecular formula is C22H24N2O4. The van der Waals surface area contributed by atoms with Crippen LogP contribution in [0.2, 0.25) is 0 Å². The summed E-state index contributed by atoms with van der Waals surface area (Å²) in [7, 11) is 1.73. The standard InChI is InChI=1S/C22H24N2O4/c1-15(25)24(3)12-13-27-23-22-20-7-5-4-6-17(20)8-9-18-14-19(28-16(2)26)10-11-21(18)22/h4-7,10-11,14H,8-9,12-13H2,1-3H3. The molecule has 1 aliphatic carbocycles. The molecule has 146 valence electrons. The van der Waals surface area contributed by atoms with Crippen LogP contribution in [0.15, 0.2) is 47.6 Å². The van der Waals surface area contributed by atoms with Gasteiger partial charge in [-0.15, -0.1) is 0 Å². The van der Waals surface area contributed by atoms with Crippen molar-refractivity contribution in [3.63, 3.8) is 0 Å². The first-order valence-electron chi connectivity index (χ1n) is 9.27. The number of benzene rings is 2. The molecule has 0 heterocycles. The van der Waals surface area contributed by atoms with Gasteiger partial charge in [0.15, 0.2) is 0 Å². The maximum absolute atomic E-state index is 11.3. The number of esters is 1. The van der Waals surface area contributed by atoms with Gasteiger partial charge in [0, 0.05) is 32.0 Å². The molecule has 6 nitrogen and oxygen atoms in total. The third-order valence-corrected chi connectivity index (χ3v) is 4.74. The summed E-state index contributed by atoms with van der Waals surface area (Å²) in [6.45, 7) is 3.68. The van der Waals surface area contributed by atoms with Crippen molar-refractivity contribution in [1.29, 1.82) is 0 Å². The van der Waals surface area contributed by atoms with E-state index in [0.717, 1.165) is 35.2 Å². The normalized spacial score (nSPS) is 13.9. The van der Waals surface area contributed by atoms with Crippen molar-refractivity contribution in [3.05, 3.63) is 64.7 Å². The second kappa shape index (κ2) is 8.69. The Morgan fingerprint density at radius 2 is 1.75 bits per heavy atom. The fourth-order valence-electron chi connectivity index (χ4n) is 3.16. The quantitative estimate of drug-likeness (QED) is 0.346. The van der Waals surface area contributed by atoms with Crippen molar-refractivity contribution in [2.24, 2.45) is 5.16 Å². The van der Waals surface area contributed by atoms with Gasteiger partial charge in [0.1, 0.15) is 18.1 Å². The molecule has 1 amide bonds. The van der Waals surface area contributed by atoms with Gasteiger partial charge in [-0.3, -0.25) is 9.59 Å². The summed E-state index contributed by atoms with van der Waals surface area (Å²) >= 11 is 0. The van der Waals surface area contributed by atoms with Crippen LogP contribution in [-0.2, 0) is 27.3 Å². The topological polar surface area (TPSA) is 68.2 Å². The molecule has 0 bridgehead atoms. The van der Waals surface area contributed by atoms with E-state index >= 15 is 0 Å². The van der Waals surface area contributed by atoms with Crippen LogP contribution in [0, 0.1) is 0 Å². The molecule has 0 atom stereocenters. The Labute approximate surface area is 164 Å². The summed E-state index contributed by atoms with van der Waals surface area (Å²) in [6.07, 6.45) is 1.67. The molecule has 0 saturated heterocycles. The number of fused-ring (bicyclic) bond motifs is 2. The summed E-state index contributed by atoms with van der Waals surface area (Å²) in [5.74, 6) is 0.170. The third-order valence-electron chi connectivity index (χ3n) is 4.74. The molecule has 3 rings (SSSR count). The molecule has 0 saturated carbocycles. The van der Waals surface area contributed by atoms with Gasteiger partial charge < -0.3 is 14.5 Å². The minimum Gasteiger partial charge on any atom is -0.427 e. The van der Waals surface area contributed by atoms with E-state index in [1.54, 1.807) is 18.0 Å². The van der Waals surface area contributed by atoms with Crippen molar-refractivity contribution in [1.82, 2.24) is 4.90 Å². The second-order valence-electron chi connectivity index (χ2n) is 6.78. The van der Waals surface area contributed by atoms with Gasteiger partial charge in [0.25, 0.3) is 0 Å². The Morgan fingerprint density at radius 3 is 2.50 bits per heavy atom. The highest BCUT2D eigenvalue weighted by Crippen LogP contribution is 2.28.